The summed E-state index contributed by atoms with van der Waals surface area (Å²) in [6.45, 7) is 0. The monoisotopic (exact) mass is 258 g/mol. The number of phosphoric acid groups is 2. The van der Waals surface area contributed by atoms with Gasteiger partial charge in [0.05, 0.1) is 7.82 Å². The van der Waals surface area contributed by atoms with Crippen LogP contribution < -0.4 is 24.5 Å². The Morgan fingerprint density at radius 3 is 0.917 bits per heavy atom. The summed E-state index contributed by atoms with van der Waals surface area (Å²) in [5, 5.41) is 0. The molecule has 0 fully saturated rings. The zero-order valence-corrected chi connectivity index (χ0v) is 10.6. The molecular formula is HAlCaO8P2. The molecule has 0 aromatic carbocycles. The predicted molar refractivity (Wildman–Crippen MR) is 28.9 cm³/mol. The molecule has 0 aliphatic carbocycles. The Morgan fingerprint density at radius 2 is 0.917 bits per heavy atom. The third kappa shape index (κ3) is 360. The molecule has 8 nitrogen and oxygen atoms in total. The first-order valence-electron chi connectivity index (χ1n) is 1.48. The van der Waals surface area contributed by atoms with E-state index in [4.69, 9.17) is 38.5 Å². The van der Waals surface area contributed by atoms with Crippen LogP contribution in [0.5, 0.6) is 0 Å². The van der Waals surface area contributed by atoms with Crippen molar-refractivity contribution in [1.82, 2.24) is 0 Å². The summed E-state index contributed by atoms with van der Waals surface area (Å²) < 4.78 is 17.2. The van der Waals surface area contributed by atoms with Gasteiger partial charge in [-0.1, -0.05) is 0 Å². The van der Waals surface area contributed by atoms with Crippen LogP contribution >= 0.6 is 15.6 Å². The van der Waals surface area contributed by atoms with Gasteiger partial charge in [-0.25, -0.2) is 0 Å². The fourth-order valence-electron chi connectivity index (χ4n) is 0. The first kappa shape index (κ1) is 23.7. The van der Waals surface area contributed by atoms with Crippen LogP contribution in [-0.4, -0.2) is 60.0 Å². The van der Waals surface area contributed by atoms with Crippen LogP contribution in [0, 0.1) is 0 Å². The second-order valence-electron chi connectivity index (χ2n) is 0.916. The number of hydrogen-bond acceptors (Lipinski definition) is 7. The molecule has 0 rings (SSSR count). The van der Waals surface area contributed by atoms with E-state index in [0.29, 0.717) is 0 Å². The molecule has 12 heteroatoms. The Labute approximate surface area is 108 Å². The normalized spacial score (nSPS) is 9.83. The van der Waals surface area contributed by atoms with E-state index < -0.39 is 15.6 Å². The van der Waals surface area contributed by atoms with E-state index in [0.717, 1.165) is 0 Å². The van der Waals surface area contributed by atoms with Crippen LogP contribution in [-0.2, 0) is 9.13 Å². The fourth-order valence-corrected chi connectivity index (χ4v) is 0. The van der Waals surface area contributed by atoms with E-state index in [-0.39, 0.29) is 55.1 Å². The summed E-state index contributed by atoms with van der Waals surface area (Å²) in [5.74, 6) is 0. The summed E-state index contributed by atoms with van der Waals surface area (Å²) in [6, 6.07) is 0. The zero-order chi connectivity index (χ0) is 9.00. The molecule has 0 saturated carbocycles. The number of hydrogen-bond donors (Lipinski definition) is 1. The average molecular weight is 258 g/mol. The molecule has 0 aromatic rings. The molecule has 0 atom stereocenters. The average Bonchev–Trinajstić information content (AvgIpc) is 1.12. The summed E-state index contributed by atoms with van der Waals surface area (Å²) in [5.41, 5.74) is 0. The van der Waals surface area contributed by atoms with E-state index >= 15 is 0 Å². The molecule has 0 aliphatic rings. The van der Waals surface area contributed by atoms with Crippen molar-refractivity contribution in [3.63, 3.8) is 0 Å². The maximum Gasteiger partial charge on any atom is 3.00 e. The third-order valence-corrected chi connectivity index (χ3v) is 0. The quantitative estimate of drug-likeness (QED) is 0.330. The van der Waals surface area contributed by atoms with Gasteiger partial charge in [-0.2, -0.15) is 7.82 Å². The molecule has 0 heterocycles. The second kappa shape index (κ2) is 9.56. The van der Waals surface area contributed by atoms with Gasteiger partial charge in [0.2, 0.25) is 0 Å². The zero-order valence-electron chi connectivity index (χ0n) is 5.48. The van der Waals surface area contributed by atoms with Gasteiger partial charge < -0.3 is 38.5 Å². The van der Waals surface area contributed by atoms with Crippen molar-refractivity contribution >= 4 is 70.7 Å². The van der Waals surface area contributed by atoms with Gasteiger partial charge in [0.15, 0.2) is 0 Å². The van der Waals surface area contributed by atoms with Crippen molar-refractivity contribution in [1.29, 1.82) is 0 Å². The first-order chi connectivity index (χ1) is 4.00. The van der Waals surface area contributed by atoms with Gasteiger partial charge in [-0.05, 0) is 0 Å². The van der Waals surface area contributed by atoms with Gasteiger partial charge in [-0.15, -0.1) is 0 Å². The molecule has 0 aliphatic heterocycles. The van der Waals surface area contributed by atoms with Crippen LogP contribution in [0.15, 0.2) is 0 Å². The molecule has 0 bridgehead atoms. The summed E-state index contributed by atoms with van der Waals surface area (Å²) >= 11 is 0. The van der Waals surface area contributed by atoms with Crippen molar-refractivity contribution < 1.29 is 38.5 Å². The number of rotatable bonds is 0. The van der Waals surface area contributed by atoms with Crippen LogP contribution in [0.25, 0.3) is 0 Å². The summed E-state index contributed by atoms with van der Waals surface area (Å²) in [4.78, 5) is 49.9. The Bertz CT molecular complexity index is 129. The molecule has 0 amide bonds. The van der Waals surface area contributed by atoms with Gasteiger partial charge >= 0.3 is 55.1 Å². The van der Waals surface area contributed by atoms with Crippen LogP contribution in [0.3, 0.4) is 0 Å². The van der Waals surface area contributed by atoms with Crippen molar-refractivity contribution in [2.24, 2.45) is 0 Å². The molecular weight excluding hydrogens is 257 g/mol. The maximum atomic E-state index is 8.66. The van der Waals surface area contributed by atoms with Gasteiger partial charge in [0.1, 0.15) is 0 Å². The van der Waals surface area contributed by atoms with Gasteiger partial charge in [-0.3, -0.25) is 0 Å². The van der Waals surface area contributed by atoms with Crippen LogP contribution in [0.4, 0.5) is 0 Å². The van der Waals surface area contributed by atoms with E-state index in [1.54, 1.807) is 0 Å². The van der Waals surface area contributed by atoms with E-state index in [2.05, 4.69) is 0 Å². The van der Waals surface area contributed by atoms with Crippen molar-refractivity contribution in [3.05, 3.63) is 0 Å². The van der Waals surface area contributed by atoms with Gasteiger partial charge in [0.25, 0.3) is 0 Å². The minimum absolute atomic E-state index is 0. The standard InChI is InChI=1S/Al.Ca.2H3O4P/c;;2*1-5(2,3)4/h;;2*(H3,1,2,3,4)/q+3;+2;;/p-5. The topological polar surface area (TPSA) is 170 Å². The van der Waals surface area contributed by atoms with Crippen molar-refractivity contribution in [2.45, 2.75) is 0 Å². The Kier molecular flexibility index (Phi) is 18.9. The molecule has 0 radical (unpaired) electrons. The molecule has 0 aromatic heterocycles. The SMILES string of the molecule is O=P([O-])([O-])O.O=P([O-])([O-])[O-].[Al+3].[Ca+2]. The minimum atomic E-state index is -5.39. The second-order valence-corrected chi connectivity index (χ2v) is 2.75. The van der Waals surface area contributed by atoms with Crippen LogP contribution in [0.1, 0.15) is 0 Å². The summed E-state index contributed by atoms with van der Waals surface area (Å²) in [6.07, 6.45) is 0. The molecule has 1 N–H and O–H groups in total. The Hall–Kier alpha value is 2.01. The van der Waals surface area contributed by atoms with Gasteiger partial charge in [0, 0.05) is 0 Å². The third-order valence-electron chi connectivity index (χ3n) is 0. The molecule has 0 spiro atoms. The fraction of sp³-hybridized carbons (Fsp3) is 0. The minimum Gasteiger partial charge on any atom is -0.822 e. The molecule has 12 heavy (non-hydrogen) atoms. The van der Waals surface area contributed by atoms with E-state index in [9.17, 15) is 0 Å². The largest absolute Gasteiger partial charge is 3.00 e. The van der Waals surface area contributed by atoms with Crippen molar-refractivity contribution in [2.75, 3.05) is 0 Å². The Balaban J connectivity index is -0.0000000457. The van der Waals surface area contributed by atoms with E-state index in [1.165, 1.54) is 0 Å². The molecule has 0 saturated heterocycles. The smallest absolute Gasteiger partial charge is 0.822 e. The first-order valence-corrected chi connectivity index (χ1v) is 4.43. The van der Waals surface area contributed by atoms with E-state index in [1.807, 2.05) is 0 Å². The molecule has 0 unspecified atom stereocenters. The van der Waals surface area contributed by atoms with Crippen molar-refractivity contribution in [3.8, 4) is 0 Å². The molecule has 64 valence electrons. The Morgan fingerprint density at radius 1 is 0.917 bits per heavy atom. The van der Waals surface area contributed by atoms with Crippen LogP contribution in [0.2, 0.25) is 0 Å². The maximum absolute atomic E-state index is 8.66. The predicted octanol–water partition coefficient (Wildman–Crippen LogP) is -5.78. The summed E-state index contributed by atoms with van der Waals surface area (Å²) in [7, 11) is -10.5.